The van der Waals surface area contributed by atoms with Gasteiger partial charge >= 0.3 is 0 Å². The molecule has 2 amide bonds. The molecule has 3 heterocycles. The van der Waals surface area contributed by atoms with E-state index in [0.29, 0.717) is 32.5 Å². The van der Waals surface area contributed by atoms with Gasteiger partial charge in [0.1, 0.15) is 6.33 Å². The number of fused-ring (bicyclic) bond motifs is 2. The molecule has 8 nitrogen and oxygen atoms in total. The molecule has 4 rings (SSSR count). The van der Waals surface area contributed by atoms with Crippen molar-refractivity contribution in [3.63, 3.8) is 0 Å². The van der Waals surface area contributed by atoms with Gasteiger partial charge in [-0.1, -0.05) is 18.2 Å². The van der Waals surface area contributed by atoms with Crippen molar-refractivity contribution >= 4 is 17.5 Å². The molecule has 1 saturated heterocycles. The smallest absolute Gasteiger partial charge is 0.239 e. The molecule has 0 unspecified atom stereocenters. The Kier molecular flexibility index (Phi) is 4.18. The summed E-state index contributed by atoms with van der Waals surface area (Å²) in [5, 5.41) is 11.0. The zero-order chi connectivity index (χ0) is 18.1. The summed E-state index contributed by atoms with van der Waals surface area (Å²) in [5.41, 5.74) is 1.43. The number of hydrogen-bond acceptors (Lipinski definition) is 5. The quantitative estimate of drug-likeness (QED) is 0.817. The Balaban J connectivity index is 1.47. The van der Waals surface area contributed by atoms with Crippen LogP contribution < -0.4 is 4.90 Å². The van der Waals surface area contributed by atoms with Crippen LogP contribution in [0.25, 0.3) is 0 Å². The number of nitrogens with zero attached hydrogens (tertiary/aromatic N) is 6. The number of likely N-dealkylation sites (N-methyl/N-ethyl adjacent to an activating group) is 1. The first-order chi connectivity index (χ1) is 12.6. The molecular formula is C18H22N6O2. The van der Waals surface area contributed by atoms with E-state index in [0.717, 1.165) is 24.1 Å². The molecule has 1 spiro atoms. The second-order valence-corrected chi connectivity index (χ2v) is 7.06. The lowest BCUT2D eigenvalue weighted by Crippen LogP contribution is -2.53. The highest BCUT2D eigenvalue weighted by molar-refractivity contribution is 6.08. The maximum atomic E-state index is 13.0. The van der Waals surface area contributed by atoms with Crippen LogP contribution in [-0.2, 0) is 21.5 Å². The normalized spacial score (nSPS) is 22.1. The molecular weight excluding hydrogens is 332 g/mol. The number of para-hydroxylation sites is 1. The molecule has 26 heavy (non-hydrogen) atoms. The highest BCUT2D eigenvalue weighted by Gasteiger charge is 2.52. The summed E-state index contributed by atoms with van der Waals surface area (Å²) in [4.78, 5) is 29.3. The van der Waals surface area contributed by atoms with Crippen LogP contribution in [0.15, 0.2) is 30.6 Å². The minimum absolute atomic E-state index is 0.0944. The maximum Gasteiger partial charge on any atom is 0.239 e. The third kappa shape index (κ3) is 2.65. The third-order valence-corrected chi connectivity index (χ3v) is 5.51. The van der Waals surface area contributed by atoms with Gasteiger partial charge in [-0.3, -0.25) is 9.59 Å². The summed E-state index contributed by atoms with van der Waals surface area (Å²) < 4.78 is 1.62. The third-order valence-electron chi connectivity index (χ3n) is 5.51. The summed E-state index contributed by atoms with van der Waals surface area (Å²) in [6, 6.07) is 7.93. The predicted molar refractivity (Wildman–Crippen MR) is 94.4 cm³/mol. The highest BCUT2D eigenvalue weighted by atomic mass is 16.2. The van der Waals surface area contributed by atoms with E-state index in [-0.39, 0.29) is 11.8 Å². The van der Waals surface area contributed by atoms with Crippen LogP contribution in [-0.4, -0.2) is 57.1 Å². The van der Waals surface area contributed by atoms with Crippen LogP contribution in [0.2, 0.25) is 0 Å². The second-order valence-electron chi connectivity index (χ2n) is 7.06. The van der Waals surface area contributed by atoms with Crippen molar-refractivity contribution in [2.75, 3.05) is 25.0 Å². The van der Waals surface area contributed by atoms with Gasteiger partial charge < -0.3 is 9.80 Å². The SMILES string of the molecule is CN1C(=O)[C@@]2(CCCN(C(=O)CCCn3cnnn3)C2)c2ccccc21. The number of amides is 2. The van der Waals surface area contributed by atoms with Gasteiger partial charge in [-0.05, 0) is 41.3 Å². The van der Waals surface area contributed by atoms with Crippen molar-refractivity contribution in [2.45, 2.75) is 37.6 Å². The Morgan fingerprint density at radius 3 is 2.96 bits per heavy atom. The van der Waals surface area contributed by atoms with Gasteiger partial charge in [-0.25, -0.2) is 4.68 Å². The number of aryl methyl sites for hydroxylation is 1. The fourth-order valence-electron chi connectivity index (χ4n) is 4.21. The van der Waals surface area contributed by atoms with Crippen LogP contribution in [0.3, 0.4) is 0 Å². The van der Waals surface area contributed by atoms with E-state index in [1.165, 1.54) is 0 Å². The van der Waals surface area contributed by atoms with Gasteiger partial charge in [0, 0.05) is 38.8 Å². The predicted octanol–water partition coefficient (Wildman–Crippen LogP) is 0.990. The van der Waals surface area contributed by atoms with E-state index in [1.54, 1.807) is 15.9 Å². The number of aromatic nitrogens is 4. The van der Waals surface area contributed by atoms with E-state index >= 15 is 0 Å². The first-order valence-electron chi connectivity index (χ1n) is 8.98. The van der Waals surface area contributed by atoms with Gasteiger partial charge in [-0.15, -0.1) is 5.10 Å². The van der Waals surface area contributed by atoms with E-state index in [9.17, 15) is 9.59 Å². The summed E-state index contributed by atoms with van der Waals surface area (Å²) in [5.74, 6) is 0.196. The average molecular weight is 354 g/mol. The largest absolute Gasteiger partial charge is 0.341 e. The van der Waals surface area contributed by atoms with E-state index in [1.807, 2.05) is 36.2 Å². The van der Waals surface area contributed by atoms with E-state index in [2.05, 4.69) is 15.5 Å². The molecule has 2 aliphatic rings. The molecule has 1 fully saturated rings. The molecule has 1 aromatic carbocycles. The fraction of sp³-hybridized carbons (Fsp3) is 0.500. The van der Waals surface area contributed by atoms with E-state index in [4.69, 9.17) is 0 Å². The lowest BCUT2D eigenvalue weighted by atomic mass is 9.75. The number of likely N-dealkylation sites (tertiary alicyclic amines) is 1. The molecule has 0 bridgehead atoms. The molecule has 2 aromatic rings. The van der Waals surface area contributed by atoms with Crippen molar-refractivity contribution in [2.24, 2.45) is 0 Å². The summed E-state index contributed by atoms with van der Waals surface area (Å²) in [6.07, 6.45) is 4.29. The molecule has 1 atom stereocenters. The molecule has 1 aromatic heterocycles. The molecule has 0 saturated carbocycles. The molecule has 8 heteroatoms. The van der Waals surface area contributed by atoms with Crippen molar-refractivity contribution < 1.29 is 9.59 Å². The Hall–Kier alpha value is -2.77. The van der Waals surface area contributed by atoms with Crippen molar-refractivity contribution in [3.05, 3.63) is 36.2 Å². The Morgan fingerprint density at radius 1 is 1.31 bits per heavy atom. The van der Waals surface area contributed by atoms with Crippen molar-refractivity contribution in [1.29, 1.82) is 0 Å². The Labute approximate surface area is 151 Å². The van der Waals surface area contributed by atoms with E-state index < -0.39 is 5.41 Å². The van der Waals surface area contributed by atoms with Crippen LogP contribution in [0, 0.1) is 0 Å². The van der Waals surface area contributed by atoms with Crippen LogP contribution in [0.5, 0.6) is 0 Å². The molecule has 0 aliphatic carbocycles. The number of benzene rings is 1. The Bertz CT molecular complexity index is 821. The molecule has 0 N–H and O–H groups in total. The monoisotopic (exact) mass is 354 g/mol. The number of carbonyl (C=O) groups is 2. The second kappa shape index (κ2) is 6.51. The van der Waals surface area contributed by atoms with Gasteiger partial charge in [0.2, 0.25) is 11.8 Å². The summed E-state index contributed by atoms with van der Waals surface area (Å²) in [6.45, 7) is 1.80. The zero-order valence-electron chi connectivity index (χ0n) is 14.8. The van der Waals surface area contributed by atoms with Crippen molar-refractivity contribution in [1.82, 2.24) is 25.1 Å². The topological polar surface area (TPSA) is 84.2 Å². The van der Waals surface area contributed by atoms with Gasteiger partial charge in [0.25, 0.3) is 0 Å². The maximum absolute atomic E-state index is 13.0. The number of tetrazole rings is 1. The van der Waals surface area contributed by atoms with Crippen LogP contribution in [0.4, 0.5) is 5.69 Å². The molecule has 2 aliphatic heterocycles. The van der Waals surface area contributed by atoms with Crippen LogP contribution >= 0.6 is 0 Å². The Morgan fingerprint density at radius 2 is 2.15 bits per heavy atom. The number of hydrogen-bond donors (Lipinski definition) is 0. The van der Waals surface area contributed by atoms with Crippen molar-refractivity contribution in [3.8, 4) is 0 Å². The molecule has 0 radical (unpaired) electrons. The average Bonchev–Trinajstić information content (AvgIpc) is 3.25. The summed E-state index contributed by atoms with van der Waals surface area (Å²) in [7, 11) is 1.82. The zero-order valence-corrected chi connectivity index (χ0v) is 14.8. The lowest BCUT2D eigenvalue weighted by molar-refractivity contribution is -0.136. The first kappa shape index (κ1) is 16.7. The molecule has 136 valence electrons. The van der Waals surface area contributed by atoms with Crippen LogP contribution in [0.1, 0.15) is 31.2 Å². The van der Waals surface area contributed by atoms with Gasteiger partial charge in [0.05, 0.1) is 5.41 Å². The standard InChI is InChI=1S/C18H22N6O2/c1-22-15-7-3-2-6-14(15)18(17(22)26)9-5-10-23(12-18)16(25)8-4-11-24-13-19-20-21-24/h2-3,6-7,13H,4-5,8-12H2,1H3/t18-/m1/s1. The minimum atomic E-state index is -0.588. The fourth-order valence-corrected chi connectivity index (χ4v) is 4.21. The van der Waals surface area contributed by atoms with Gasteiger partial charge in [-0.2, -0.15) is 0 Å². The summed E-state index contributed by atoms with van der Waals surface area (Å²) >= 11 is 0. The minimum Gasteiger partial charge on any atom is -0.341 e. The number of carbonyl (C=O) groups excluding carboxylic acids is 2. The van der Waals surface area contributed by atoms with Gasteiger partial charge in [0.15, 0.2) is 0 Å². The number of piperidine rings is 1. The first-order valence-corrected chi connectivity index (χ1v) is 8.98. The highest BCUT2D eigenvalue weighted by Crippen LogP contribution is 2.46. The lowest BCUT2D eigenvalue weighted by Gasteiger charge is -2.39. The number of rotatable bonds is 4. The number of anilines is 1.